The lowest BCUT2D eigenvalue weighted by Gasteiger charge is -2.30. The summed E-state index contributed by atoms with van der Waals surface area (Å²) in [4.78, 5) is 25.5. The molecule has 0 bridgehead atoms. The van der Waals surface area contributed by atoms with E-state index in [4.69, 9.17) is 31.5 Å². The molecule has 0 saturated carbocycles. The van der Waals surface area contributed by atoms with Crippen molar-refractivity contribution in [2.45, 2.75) is 45.8 Å². The molecule has 7 nitrogen and oxygen atoms in total. The van der Waals surface area contributed by atoms with E-state index in [-0.39, 0.29) is 11.5 Å². The largest absolute Gasteiger partial charge is 0.462 e. The van der Waals surface area contributed by atoms with Crippen LogP contribution in [0.5, 0.6) is 5.75 Å². The summed E-state index contributed by atoms with van der Waals surface area (Å²) in [5.41, 5.74) is 6.20. The van der Waals surface area contributed by atoms with Crippen LogP contribution < -0.4 is 10.5 Å². The van der Waals surface area contributed by atoms with Gasteiger partial charge in [-0.15, -0.1) is 0 Å². The van der Waals surface area contributed by atoms with Gasteiger partial charge < -0.3 is 19.9 Å². The minimum atomic E-state index is -1.43. The number of ether oxygens (including phenoxy) is 3. The van der Waals surface area contributed by atoms with Crippen LogP contribution in [-0.2, 0) is 19.1 Å². The first-order chi connectivity index (χ1) is 12.6. The van der Waals surface area contributed by atoms with E-state index in [1.54, 1.807) is 39.8 Å². The van der Waals surface area contributed by atoms with Gasteiger partial charge in [0.2, 0.25) is 5.88 Å². The highest BCUT2D eigenvalue weighted by Crippen LogP contribution is 2.44. The van der Waals surface area contributed by atoms with Crippen molar-refractivity contribution in [3.05, 3.63) is 40.2 Å². The molecule has 1 aliphatic rings. The summed E-state index contributed by atoms with van der Waals surface area (Å²) >= 11 is 6.08. The summed E-state index contributed by atoms with van der Waals surface area (Å²) < 4.78 is 16.0. The van der Waals surface area contributed by atoms with Crippen molar-refractivity contribution in [3.63, 3.8) is 0 Å². The van der Waals surface area contributed by atoms with Crippen molar-refractivity contribution < 1.29 is 23.8 Å². The zero-order valence-electron chi connectivity index (χ0n) is 15.5. The average molecular weight is 393 g/mol. The van der Waals surface area contributed by atoms with Gasteiger partial charge >= 0.3 is 11.9 Å². The monoisotopic (exact) mass is 392 g/mol. The Morgan fingerprint density at radius 1 is 1.19 bits per heavy atom. The number of halogens is 1. The molecule has 0 unspecified atom stereocenters. The molecule has 1 aliphatic heterocycles. The number of rotatable bonds is 5. The summed E-state index contributed by atoms with van der Waals surface area (Å²) in [7, 11) is 0. The third-order valence-corrected chi connectivity index (χ3v) is 4.00. The van der Waals surface area contributed by atoms with E-state index in [0.29, 0.717) is 16.3 Å². The van der Waals surface area contributed by atoms with Crippen LogP contribution in [0, 0.1) is 17.2 Å². The van der Waals surface area contributed by atoms with Gasteiger partial charge in [-0.05, 0) is 45.9 Å². The van der Waals surface area contributed by atoms with Crippen LogP contribution in [0.1, 0.15) is 39.2 Å². The summed E-state index contributed by atoms with van der Waals surface area (Å²) in [6.45, 7) is 6.64. The molecular weight excluding hydrogens is 372 g/mol. The number of carbonyl (C=O) groups excluding carboxylic acids is 2. The lowest BCUT2D eigenvalue weighted by atomic mass is 9.79. The van der Waals surface area contributed by atoms with Crippen LogP contribution in [0.3, 0.4) is 0 Å². The van der Waals surface area contributed by atoms with Gasteiger partial charge in [-0.2, -0.15) is 5.26 Å². The second kappa shape index (κ2) is 8.31. The second-order valence-corrected chi connectivity index (χ2v) is 7.04. The Morgan fingerprint density at radius 3 is 2.22 bits per heavy atom. The highest BCUT2D eigenvalue weighted by Gasteiger charge is 2.45. The number of nitrogens with zero attached hydrogens (tertiary/aromatic N) is 1. The maximum Gasteiger partial charge on any atom is 0.321 e. The maximum atomic E-state index is 12.8. The molecule has 8 heteroatoms. The first kappa shape index (κ1) is 20.6. The van der Waals surface area contributed by atoms with Gasteiger partial charge in [-0.25, -0.2) is 0 Å². The third-order valence-electron chi connectivity index (χ3n) is 3.77. The van der Waals surface area contributed by atoms with Crippen LogP contribution in [0.2, 0.25) is 5.02 Å². The van der Waals surface area contributed by atoms with Crippen LogP contribution in [-0.4, -0.2) is 24.1 Å². The topological polar surface area (TPSA) is 112 Å². The molecule has 0 radical (unpaired) electrons. The molecule has 1 heterocycles. The van der Waals surface area contributed by atoms with E-state index in [2.05, 4.69) is 0 Å². The molecule has 0 fully saturated rings. The maximum absolute atomic E-state index is 12.8. The number of hydrogen-bond acceptors (Lipinski definition) is 7. The van der Waals surface area contributed by atoms with E-state index < -0.39 is 36.0 Å². The molecular formula is C19H21ClN2O5. The molecule has 0 aromatic heterocycles. The van der Waals surface area contributed by atoms with Crippen LogP contribution in [0.15, 0.2) is 29.7 Å². The quantitative estimate of drug-likeness (QED) is 0.605. The molecule has 2 N–H and O–H groups in total. The minimum Gasteiger partial charge on any atom is -0.462 e. The van der Waals surface area contributed by atoms with Gasteiger partial charge in [0, 0.05) is 10.6 Å². The summed E-state index contributed by atoms with van der Waals surface area (Å²) in [6.07, 6.45) is -0.922. The average Bonchev–Trinajstić information content (AvgIpc) is 2.54. The Kier molecular flexibility index (Phi) is 6.34. The standard InChI is InChI=1S/C19H21ClN2O5/c1-9(2)25-18(23)16(19(24)26-10(3)4)15-12-7-11(20)5-6-14(12)27-17(22)13(15)8-21/h5-7,9-10,15-16H,22H2,1-4H3/t15-/m1/s1. The van der Waals surface area contributed by atoms with Crippen LogP contribution in [0.4, 0.5) is 0 Å². The Morgan fingerprint density at radius 2 is 1.74 bits per heavy atom. The molecule has 144 valence electrons. The number of nitrogens with two attached hydrogens (primary N) is 1. The minimum absolute atomic E-state index is 0.0591. The number of hydrogen-bond donors (Lipinski definition) is 1. The number of nitriles is 1. The lowest BCUT2D eigenvalue weighted by molar-refractivity contribution is -0.167. The van der Waals surface area contributed by atoms with Gasteiger partial charge in [-0.1, -0.05) is 11.6 Å². The molecule has 27 heavy (non-hydrogen) atoms. The zero-order valence-corrected chi connectivity index (χ0v) is 16.2. The lowest BCUT2D eigenvalue weighted by Crippen LogP contribution is -2.38. The molecule has 0 saturated heterocycles. The van der Waals surface area contributed by atoms with Gasteiger partial charge in [0.15, 0.2) is 5.92 Å². The molecule has 0 spiro atoms. The second-order valence-electron chi connectivity index (χ2n) is 6.60. The number of benzene rings is 1. The molecule has 2 rings (SSSR count). The number of esters is 2. The third kappa shape index (κ3) is 4.52. The first-order valence-electron chi connectivity index (χ1n) is 8.43. The summed E-state index contributed by atoms with van der Waals surface area (Å²) in [5, 5.41) is 9.95. The SMILES string of the molecule is CC(C)OC(=O)C(C(=O)OC(C)C)[C@H]1C(C#N)=C(N)Oc2ccc(Cl)cc21. The summed E-state index contributed by atoms with van der Waals surface area (Å²) in [5.74, 6) is -3.96. The van der Waals surface area contributed by atoms with Crippen molar-refractivity contribution in [2.24, 2.45) is 11.7 Å². The highest BCUT2D eigenvalue weighted by atomic mass is 35.5. The smallest absolute Gasteiger partial charge is 0.321 e. The van der Waals surface area contributed by atoms with Crippen LogP contribution >= 0.6 is 11.6 Å². The fourth-order valence-corrected chi connectivity index (χ4v) is 2.97. The number of fused-ring (bicyclic) bond motifs is 1. The van der Waals surface area contributed by atoms with E-state index in [0.717, 1.165) is 0 Å². The van der Waals surface area contributed by atoms with Gasteiger partial charge in [-0.3, -0.25) is 9.59 Å². The van der Waals surface area contributed by atoms with Gasteiger partial charge in [0.25, 0.3) is 0 Å². The van der Waals surface area contributed by atoms with Crippen molar-refractivity contribution >= 4 is 23.5 Å². The van der Waals surface area contributed by atoms with Crippen molar-refractivity contribution in [3.8, 4) is 11.8 Å². The van der Waals surface area contributed by atoms with E-state index in [9.17, 15) is 14.9 Å². The number of carbonyl (C=O) groups is 2. The highest BCUT2D eigenvalue weighted by molar-refractivity contribution is 6.30. The fourth-order valence-electron chi connectivity index (χ4n) is 2.79. The Labute approximate surface area is 162 Å². The predicted octanol–water partition coefficient (Wildman–Crippen LogP) is 3.03. The van der Waals surface area contributed by atoms with Gasteiger partial charge in [0.1, 0.15) is 11.8 Å². The fraction of sp³-hybridized carbons (Fsp3) is 0.421. The first-order valence-corrected chi connectivity index (χ1v) is 8.81. The number of allylic oxidation sites excluding steroid dienone is 1. The Hall–Kier alpha value is -2.72. The van der Waals surface area contributed by atoms with Crippen molar-refractivity contribution in [1.29, 1.82) is 5.26 Å². The van der Waals surface area contributed by atoms with E-state index in [1.165, 1.54) is 6.07 Å². The molecule has 0 aliphatic carbocycles. The molecule has 0 amide bonds. The Bertz CT molecular complexity index is 804. The van der Waals surface area contributed by atoms with Crippen LogP contribution in [0.25, 0.3) is 0 Å². The van der Waals surface area contributed by atoms with Gasteiger partial charge in [0.05, 0.1) is 23.7 Å². The van der Waals surface area contributed by atoms with Crippen molar-refractivity contribution in [2.75, 3.05) is 0 Å². The predicted molar refractivity (Wildman–Crippen MR) is 97.6 cm³/mol. The zero-order chi connectivity index (χ0) is 20.3. The summed E-state index contributed by atoms with van der Waals surface area (Å²) in [6, 6.07) is 6.60. The normalized spacial score (nSPS) is 16.0. The molecule has 1 aromatic carbocycles. The Balaban J connectivity index is 2.64. The molecule has 1 atom stereocenters. The van der Waals surface area contributed by atoms with E-state index >= 15 is 0 Å². The van der Waals surface area contributed by atoms with Crippen molar-refractivity contribution in [1.82, 2.24) is 0 Å². The van der Waals surface area contributed by atoms with E-state index in [1.807, 2.05) is 6.07 Å². The molecule has 1 aromatic rings.